The number of alkyl halides is 1. The van der Waals surface area contributed by atoms with E-state index >= 15 is 0 Å². The normalized spacial score (nSPS) is 19.0. The Hall–Kier alpha value is -2.29. The summed E-state index contributed by atoms with van der Waals surface area (Å²) in [5, 5.41) is 10.7. The highest BCUT2D eigenvalue weighted by Gasteiger charge is 2.49. The highest BCUT2D eigenvalue weighted by atomic mass is 35.5. The molecular weight excluding hydrogens is 531 g/mol. The summed E-state index contributed by atoms with van der Waals surface area (Å²) in [4.78, 5) is 18.7. The van der Waals surface area contributed by atoms with Crippen molar-refractivity contribution in [2.24, 2.45) is 0 Å². The van der Waals surface area contributed by atoms with Crippen molar-refractivity contribution in [3.8, 4) is 0 Å². The first-order chi connectivity index (χ1) is 16.5. The van der Waals surface area contributed by atoms with Gasteiger partial charge in [-0.25, -0.2) is 0 Å². The lowest BCUT2D eigenvalue weighted by atomic mass is 9.94. The van der Waals surface area contributed by atoms with Crippen LogP contribution in [0.5, 0.6) is 0 Å². The number of rotatable bonds is 4. The van der Waals surface area contributed by atoms with Gasteiger partial charge in [0.05, 0.1) is 24.0 Å². The monoisotopic (exact) mass is 544 g/mol. The van der Waals surface area contributed by atoms with E-state index in [0.29, 0.717) is 21.7 Å². The minimum absolute atomic E-state index is 0.189. The maximum absolute atomic E-state index is 12.7. The number of hydrogen-bond donors (Lipinski definition) is 0. The molecule has 1 amide bonds. The molecule has 0 spiro atoms. The molecule has 1 aromatic heterocycles. The van der Waals surface area contributed by atoms with Crippen molar-refractivity contribution < 1.29 is 4.79 Å². The minimum Gasteiger partial charge on any atom is -0.333 e. The summed E-state index contributed by atoms with van der Waals surface area (Å²) in [7, 11) is 0. The molecule has 0 saturated carbocycles. The second-order valence-corrected chi connectivity index (χ2v) is 11.3. The highest BCUT2D eigenvalue weighted by molar-refractivity contribution is 7.99. The summed E-state index contributed by atoms with van der Waals surface area (Å²) in [5.41, 5.74) is 2.97. The molecule has 2 aliphatic rings. The summed E-state index contributed by atoms with van der Waals surface area (Å²) >= 11 is 22.0. The molecule has 0 N–H and O–H groups in total. The summed E-state index contributed by atoms with van der Waals surface area (Å²) < 4.78 is 0. The number of nitrogens with zero attached hydrogens (tertiary/aromatic N) is 4. The number of para-hydroxylation sites is 1. The lowest BCUT2D eigenvalue weighted by molar-refractivity contribution is -0.123. The molecule has 170 valence electrons. The van der Waals surface area contributed by atoms with Gasteiger partial charge in [0.1, 0.15) is 10.4 Å². The quantitative estimate of drug-likeness (QED) is 0.198. The number of halogens is 3. The third-order valence-electron chi connectivity index (χ3n) is 5.76. The van der Waals surface area contributed by atoms with E-state index in [-0.39, 0.29) is 11.9 Å². The molecule has 2 aliphatic heterocycles. The molecule has 3 heterocycles. The Balaban J connectivity index is 1.32. The first-order valence-corrected chi connectivity index (χ1v) is 13.2. The Kier molecular flexibility index (Phi) is 5.70. The molecule has 0 aliphatic carbocycles. The zero-order chi connectivity index (χ0) is 23.4. The molecule has 0 bridgehead atoms. The van der Waals surface area contributed by atoms with Gasteiger partial charge in [0, 0.05) is 19.8 Å². The fourth-order valence-electron chi connectivity index (χ4n) is 4.19. The van der Waals surface area contributed by atoms with Crippen LogP contribution in [-0.4, -0.2) is 21.5 Å². The maximum Gasteiger partial charge on any atom is 0.250 e. The van der Waals surface area contributed by atoms with Crippen molar-refractivity contribution in [3.63, 3.8) is 0 Å². The van der Waals surface area contributed by atoms with Crippen LogP contribution in [0.3, 0.4) is 0 Å². The van der Waals surface area contributed by atoms with Gasteiger partial charge in [-0.1, -0.05) is 70.6 Å². The number of amides is 1. The van der Waals surface area contributed by atoms with E-state index < -0.39 is 5.38 Å². The molecule has 1 saturated heterocycles. The van der Waals surface area contributed by atoms with Crippen LogP contribution in [0.2, 0.25) is 10.0 Å². The van der Waals surface area contributed by atoms with Crippen molar-refractivity contribution in [1.82, 2.24) is 10.2 Å². The Labute approximate surface area is 219 Å². The number of β-lactam (4-membered cyclic amide) rings is 1. The largest absolute Gasteiger partial charge is 0.333 e. The lowest BCUT2D eigenvalue weighted by Crippen LogP contribution is -2.56. The summed E-state index contributed by atoms with van der Waals surface area (Å²) in [6.45, 7) is 0.497. The number of anilines is 3. The number of carbonyl (C=O) groups excluding carboxylic acids is 1. The molecule has 2 unspecified atom stereocenters. The SMILES string of the molecule is O=C1C(Cl)C(c2cccc(Cl)c2)N1c1nnc(CN2c3ccccc3Sc3ccc(Cl)cc32)s1. The van der Waals surface area contributed by atoms with E-state index in [2.05, 4.69) is 27.2 Å². The van der Waals surface area contributed by atoms with Gasteiger partial charge in [-0.2, -0.15) is 0 Å². The molecule has 6 rings (SSSR count). The summed E-state index contributed by atoms with van der Waals surface area (Å²) in [6.07, 6.45) is 0. The fourth-order valence-corrected chi connectivity index (χ4v) is 6.86. The van der Waals surface area contributed by atoms with E-state index in [1.54, 1.807) is 22.7 Å². The fraction of sp³-hybridized carbons (Fsp3) is 0.125. The zero-order valence-corrected chi connectivity index (χ0v) is 21.3. The van der Waals surface area contributed by atoms with E-state index in [1.807, 2.05) is 48.5 Å². The van der Waals surface area contributed by atoms with Gasteiger partial charge in [-0.05, 0) is 48.0 Å². The van der Waals surface area contributed by atoms with Crippen LogP contribution in [-0.2, 0) is 11.3 Å². The molecule has 2 atom stereocenters. The van der Waals surface area contributed by atoms with E-state index in [0.717, 1.165) is 31.7 Å². The molecule has 10 heteroatoms. The van der Waals surface area contributed by atoms with E-state index in [1.165, 1.54) is 11.3 Å². The van der Waals surface area contributed by atoms with Gasteiger partial charge in [0.2, 0.25) is 11.0 Å². The summed E-state index contributed by atoms with van der Waals surface area (Å²) in [6, 6.07) is 21.2. The zero-order valence-electron chi connectivity index (χ0n) is 17.4. The number of fused-ring (bicyclic) bond motifs is 2. The van der Waals surface area contributed by atoms with Crippen LogP contribution in [0.1, 0.15) is 16.6 Å². The van der Waals surface area contributed by atoms with Gasteiger partial charge in [0.15, 0.2) is 0 Å². The predicted octanol–water partition coefficient (Wildman–Crippen LogP) is 7.34. The Bertz CT molecular complexity index is 1430. The standard InChI is InChI=1S/C24H15Cl3N4OS2/c25-14-5-3-4-13(10-14)22-21(27)23(32)31(22)24-29-28-20(34-24)12-30-16-6-1-2-7-18(16)33-19-9-8-15(26)11-17(19)30/h1-11,21-22H,12H2. The number of hydrogen-bond acceptors (Lipinski definition) is 6. The average Bonchev–Trinajstić information content (AvgIpc) is 3.29. The van der Waals surface area contributed by atoms with Gasteiger partial charge in [0.25, 0.3) is 0 Å². The van der Waals surface area contributed by atoms with Crippen LogP contribution >= 0.6 is 57.9 Å². The number of aromatic nitrogens is 2. The van der Waals surface area contributed by atoms with Gasteiger partial charge >= 0.3 is 0 Å². The smallest absolute Gasteiger partial charge is 0.250 e. The van der Waals surface area contributed by atoms with Crippen LogP contribution < -0.4 is 9.80 Å². The molecular formula is C24H15Cl3N4OS2. The van der Waals surface area contributed by atoms with Gasteiger partial charge in [-0.3, -0.25) is 9.69 Å². The van der Waals surface area contributed by atoms with E-state index in [4.69, 9.17) is 34.8 Å². The topological polar surface area (TPSA) is 49.3 Å². The third kappa shape index (κ3) is 3.76. The van der Waals surface area contributed by atoms with Crippen LogP contribution in [0.4, 0.5) is 16.5 Å². The number of carbonyl (C=O) groups is 1. The van der Waals surface area contributed by atoms with Crippen LogP contribution in [0.25, 0.3) is 0 Å². The highest BCUT2D eigenvalue weighted by Crippen LogP contribution is 2.50. The van der Waals surface area contributed by atoms with Crippen molar-refractivity contribution in [2.45, 2.75) is 27.8 Å². The van der Waals surface area contributed by atoms with Crippen LogP contribution in [0.15, 0.2) is 76.5 Å². The second-order valence-electron chi connectivity index (χ2n) is 7.86. The van der Waals surface area contributed by atoms with Crippen molar-refractivity contribution in [2.75, 3.05) is 9.80 Å². The molecule has 5 nitrogen and oxygen atoms in total. The average molecular weight is 546 g/mol. The van der Waals surface area contributed by atoms with Gasteiger partial charge < -0.3 is 4.90 Å². The Morgan fingerprint density at radius 2 is 1.68 bits per heavy atom. The molecule has 1 fully saturated rings. The van der Waals surface area contributed by atoms with Gasteiger partial charge in [-0.15, -0.1) is 21.8 Å². The van der Waals surface area contributed by atoms with E-state index in [9.17, 15) is 4.79 Å². The van der Waals surface area contributed by atoms with Crippen molar-refractivity contribution in [1.29, 1.82) is 0 Å². The Morgan fingerprint density at radius 1 is 0.882 bits per heavy atom. The first-order valence-electron chi connectivity index (χ1n) is 10.4. The Morgan fingerprint density at radius 3 is 2.53 bits per heavy atom. The number of benzene rings is 3. The molecule has 0 radical (unpaired) electrons. The first kappa shape index (κ1) is 22.2. The lowest BCUT2D eigenvalue weighted by Gasteiger charge is -2.42. The summed E-state index contributed by atoms with van der Waals surface area (Å²) in [5.74, 6) is -0.189. The minimum atomic E-state index is -0.661. The van der Waals surface area contributed by atoms with Crippen LogP contribution in [0, 0.1) is 0 Å². The maximum atomic E-state index is 12.7. The van der Waals surface area contributed by atoms with Crippen molar-refractivity contribution >= 4 is 80.3 Å². The third-order valence-corrected chi connectivity index (χ3v) is 8.70. The molecule has 3 aromatic carbocycles. The van der Waals surface area contributed by atoms with Crippen molar-refractivity contribution in [3.05, 3.63) is 87.3 Å². The molecule has 4 aromatic rings. The predicted molar refractivity (Wildman–Crippen MR) is 139 cm³/mol. The second kappa shape index (κ2) is 8.73. The molecule has 34 heavy (non-hydrogen) atoms.